The number of carbonyl (C=O) groups is 1. The summed E-state index contributed by atoms with van der Waals surface area (Å²) in [6.45, 7) is 0.723. The first kappa shape index (κ1) is 18.2. The Hall–Kier alpha value is -3.22. The van der Waals surface area contributed by atoms with Crippen molar-refractivity contribution in [2.45, 2.75) is 18.8 Å². The molecule has 0 spiro atoms. The molecule has 1 amide bonds. The highest BCUT2D eigenvalue weighted by molar-refractivity contribution is 5.95. The molecule has 0 bridgehead atoms. The van der Waals surface area contributed by atoms with Gasteiger partial charge in [-0.2, -0.15) is 5.10 Å². The van der Waals surface area contributed by atoms with Crippen molar-refractivity contribution in [1.82, 2.24) is 14.7 Å². The van der Waals surface area contributed by atoms with Crippen LogP contribution in [0.25, 0.3) is 5.69 Å². The van der Waals surface area contributed by atoms with E-state index in [0.717, 1.165) is 17.8 Å². The van der Waals surface area contributed by atoms with E-state index in [-0.39, 0.29) is 29.5 Å². The van der Waals surface area contributed by atoms with Gasteiger partial charge in [-0.25, -0.2) is 13.5 Å². The first-order valence-corrected chi connectivity index (χ1v) is 9.11. The number of halogens is 2. The Balaban J connectivity index is 1.57. The summed E-state index contributed by atoms with van der Waals surface area (Å²) in [5, 5.41) is 14.4. The summed E-state index contributed by atoms with van der Waals surface area (Å²) in [5.41, 5.74) is 0.941. The Morgan fingerprint density at radius 2 is 1.93 bits per heavy atom. The van der Waals surface area contributed by atoms with Gasteiger partial charge in [0.15, 0.2) is 11.4 Å². The SMILES string of the molecule is O=C(c1nn(-c2ccccc2)cc1O)N1CCCC(c2cc(F)ccc2F)C1. The van der Waals surface area contributed by atoms with E-state index in [0.29, 0.717) is 19.4 Å². The maximum Gasteiger partial charge on any atom is 0.278 e. The smallest absolute Gasteiger partial charge is 0.278 e. The van der Waals surface area contributed by atoms with Gasteiger partial charge < -0.3 is 10.0 Å². The summed E-state index contributed by atoms with van der Waals surface area (Å²) in [5.74, 6) is -1.91. The fourth-order valence-electron chi connectivity index (χ4n) is 3.62. The highest BCUT2D eigenvalue weighted by atomic mass is 19.1. The number of amides is 1. The fourth-order valence-corrected chi connectivity index (χ4v) is 3.62. The molecule has 0 aliphatic carbocycles. The predicted octanol–water partition coefficient (Wildman–Crippen LogP) is 3.88. The Labute approximate surface area is 160 Å². The minimum atomic E-state index is -0.501. The molecule has 1 aromatic heterocycles. The largest absolute Gasteiger partial charge is 0.504 e. The number of likely N-dealkylation sites (tertiary alicyclic amines) is 1. The summed E-state index contributed by atoms with van der Waals surface area (Å²) >= 11 is 0. The number of nitrogens with zero attached hydrogens (tertiary/aromatic N) is 3. The molecule has 1 fully saturated rings. The van der Waals surface area contributed by atoms with Gasteiger partial charge in [-0.3, -0.25) is 4.79 Å². The van der Waals surface area contributed by atoms with Crippen LogP contribution in [0.1, 0.15) is 34.8 Å². The van der Waals surface area contributed by atoms with Crippen LogP contribution >= 0.6 is 0 Å². The summed E-state index contributed by atoms with van der Waals surface area (Å²) < 4.78 is 29.1. The minimum absolute atomic E-state index is 0.0517. The Morgan fingerprint density at radius 3 is 2.71 bits per heavy atom. The van der Waals surface area contributed by atoms with Gasteiger partial charge >= 0.3 is 0 Å². The molecule has 1 N–H and O–H groups in total. The molecule has 7 heteroatoms. The Morgan fingerprint density at radius 1 is 1.14 bits per heavy atom. The van der Waals surface area contributed by atoms with Crippen molar-refractivity contribution >= 4 is 5.91 Å². The van der Waals surface area contributed by atoms with E-state index in [2.05, 4.69) is 5.10 Å². The molecule has 28 heavy (non-hydrogen) atoms. The number of piperidine rings is 1. The first-order chi connectivity index (χ1) is 13.5. The molecule has 1 atom stereocenters. The van der Waals surface area contributed by atoms with Gasteiger partial charge in [-0.1, -0.05) is 18.2 Å². The minimum Gasteiger partial charge on any atom is -0.504 e. The molecule has 3 aromatic rings. The molecule has 1 unspecified atom stereocenters. The zero-order chi connectivity index (χ0) is 19.7. The molecule has 2 heterocycles. The van der Waals surface area contributed by atoms with Crippen LogP contribution in [0.5, 0.6) is 5.75 Å². The lowest BCUT2D eigenvalue weighted by atomic mass is 9.90. The average molecular weight is 383 g/mol. The quantitative estimate of drug-likeness (QED) is 0.747. The monoisotopic (exact) mass is 383 g/mol. The third-order valence-electron chi connectivity index (χ3n) is 5.02. The zero-order valence-electron chi connectivity index (χ0n) is 15.1. The normalized spacial score (nSPS) is 16.9. The highest BCUT2D eigenvalue weighted by Gasteiger charge is 2.30. The Bertz CT molecular complexity index is 1000. The molecule has 5 nitrogen and oxygen atoms in total. The molecule has 144 valence electrons. The van der Waals surface area contributed by atoms with Crippen molar-refractivity contribution in [1.29, 1.82) is 0 Å². The van der Waals surface area contributed by atoms with Crippen molar-refractivity contribution in [3.8, 4) is 11.4 Å². The maximum atomic E-state index is 14.1. The summed E-state index contributed by atoms with van der Waals surface area (Å²) in [7, 11) is 0. The standard InChI is InChI=1S/C21H19F2N3O2/c22-15-8-9-18(23)17(11-15)14-5-4-10-25(12-14)21(28)20-19(27)13-26(24-20)16-6-2-1-3-7-16/h1-3,6-9,11,13-14,27H,4-5,10,12H2. The van der Waals surface area contributed by atoms with Gasteiger partial charge in [0.2, 0.25) is 0 Å². The topological polar surface area (TPSA) is 58.4 Å². The van der Waals surface area contributed by atoms with Crippen molar-refractivity contribution < 1.29 is 18.7 Å². The van der Waals surface area contributed by atoms with Gasteiger partial charge in [-0.15, -0.1) is 0 Å². The van der Waals surface area contributed by atoms with Gasteiger partial charge in [-0.05, 0) is 48.7 Å². The maximum absolute atomic E-state index is 14.1. The third kappa shape index (κ3) is 3.47. The molecule has 0 saturated carbocycles. The van der Waals surface area contributed by atoms with Crippen LogP contribution in [-0.2, 0) is 0 Å². The van der Waals surface area contributed by atoms with E-state index in [4.69, 9.17) is 0 Å². The molecule has 0 radical (unpaired) electrons. The fraction of sp³-hybridized carbons (Fsp3) is 0.238. The molecule has 2 aromatic carbocycles. The molecule has 1 aliphatic heterocycles. The molecule has 1 saturated heterocycles. The molecular weight excluding hydrogens is 364 g/mol. The van der Waals surface area contributed by atoms with Crippen LogP contribution in [-0.4, -0.2) is 38.8 Å². The van der Waals surface area contributed by atoms with E-state index >= 15 is 0 Å². The highest BCUT2D eigenvalue weighted by Crippen LogP contribution is 2.31. The lowest BCUT2D eigenvalue weighted by molar-refractivity contribution is 0.0696. The lowest BCUT2D eigenvalue weighted by Crippen LogP contribution is -2.39. The lowest BCUT2D eigenvalue weighted by Gasteiger charge is -2.32. The number of aromatic hydroxyl groups is 1. The van der Waals surface area contributed by atoms with Gasteiger partial charge in [0.05, 0.1) is 11.9 Å². The van der Waals surface area contributed by atoms with E-state index in [1.165, 1.54) is 21.8 Å². The number of hydrogen-bond donors (Lipinski definition) is 1. The van der Waals surface area contributed by atoms with Crippen LogP contribution in [0.3, 0.4) is 0 Å². The van der Waals surface area contributed by atoms with Crippen LogP contribution in [0, 0.1) is 11.6 Å². The first-order valence-electron chi connectivity index (χ1n) is 9.11. The second-order valence-electron chi connectivity index (χ2n) is 6.90. The number of rotatable bonds is 3. The van der Waals surface area contributed by atoms with Gasteiger partial charge in [0.25, 0.3) is 5.91 Å². The van der Waals surface area contributed by atoms with Crippen molar-refractivity contribution in [3.05, 3.63) is 77.6 Å². The van der Waals surface area contributed by atoms with Crippen LogP contribution < -0.4 is 0 Å². The molecule has 1 aliphatic rings. The van der Waals surface area contributed by atoms with Crippen molar-refractivity contribution in [2.24, 2.45) is 0 Å². The number of hydrogen-bond acceptors (Lipinski definition) is 3. The number of aromatic nitrogens is 2. The van der Waals surface area contributed by atoms with Crippen LogP contribution in [0.2, 0.25) is 0 Å². The Kier molecular flexibility index (Phi) is 4.81. The van der Waals surface area contributed by atoms with Crippen molar-refractivity contribution in [3.63, 3.8) is 0 Å². The third-order valence-corrected chi connectivity index (χ3v) is 5.02. The van der Waals surface area contributed by atoms with Crippen molar-refractivity contribution in [2.75, 3.05) is 13.1 Å². The number of benzene rings is 2. The number of para-hydroxylation sites is 1. The zero-order valence-corrected chi connectivity index (χ0v) is 15.1. The molecular formula is C21H19F2N3O2. The predicted molar refractivity (Wildman–Crippen MR) is 99.5 cm³/mol. The van der Waals surface area contributed by atoms with E-state index < -0.39 is 17.5 Å². The summed E-state index contributed by atoms with van der Waals surface area (Å²) in [6.07, 6.45) is 2.71. The van der Waals surface area contributed by atoms with Gasteiger partial charge in [0, 0.05) is 19.0 Å². The summed E-state index contributed by atoms with van der Waals surface area (Å²) in [4.78, 5) is 14.5. The summed E-state index contributed by atoms with van der Waals surface area (Å²) in [6, 6.07) is 12.5. The van der Waals surface area contributed by atoms with Crippen LogP contribution in [0.4, 0.5) is 8.78 Å². The van der Waals surface area contributed by atoms with Gasteiger partial charge in [0.1, 0.15) is 11.6 Å². The second kappa shape index (κ2) is 7.42. The average Bonchev–Trinajstić information content (AvgIpc) is 3.11. The van der Waals surface area contributed by atoms with E-state index in [9.17, 15) is 18.7 Å². The van der Waals surface area contributed by atoms with Crippen LogP contribution in [0.15, 0.2) is 54.7 Å². The van der Waals surface area contributed by atoms with E-state index in [1.54, 1.807) is 0 Å². The van der Waals surface area contributed by atoms with E-state index in [1.807, 2.05) is 30.3 Å². The second-order valence-corrected chi connectivity index (χ2v) is 6.90. The molecule has 4 rings (SSSR count). The number of carbonyl (C=O) groups excluding carboxylic acids is 1.